The van der Waals surface area contributed by atoms with Crippen LogP contribution in [0, 0.1) is 6.92 Å². The number of rotatable bonds is 3. The van der Waals surface area contributed by atoms with Crippen molar-refractivity contribution in [3.63, 3.8) is 0 Å². The van der Waals surface area contributed by atoms with Gasteiger partial charge in [0.05, 0.1) is 29.8 Å². The highest BCUT2D eigenvalue weighted by Crippen LogP contribution is 2.27. The lowest BCUT2D eigenvalue weighted by molar-refractivity contribution is 0.112. The van der Waals surface area contributed by atoms with Gasteiger partial charge in [-0.05, 0) is 19.4 Å². The number of hydrogen-bond donors (Lipinski definition) is 2. The topological polar surface area (TPSA) is 63.2 Å². The number of thiazole rings is 1. The first-order valence-corrected chi connectivity index (χ1v) is 8.14. The van der Waals surface area contributed by atoms with Crippen LogP contribution in [0.2, 0.25) is 0 Å². The summed E-state index contributed by atoms with van der Waals surface area (Å²) in [6.07, 6.45) is 0.814. The summed E-state index contributed by atoms with van der Waals surface area (Å²) in [4.78, 5) is 17.6. The highest BCUT2D eigenvalue weighted by atomic mass is 32.1. The second-order valence-corrected chi connectivity index (χ2v) is 6.51. The van der Waals surface area contributed by atoms with Gasteiger partial charge in [0.2, 0.25) is 0 Å². The van der Waals surface area contributed by atoms with Gasteiger partial charge in [0.1, 0.15) is 0 Å². The summed E-state index contributed by atoms with van der Waals surface area (Å²) in [5.41, 5.74) is 3.32. The number of fused-ring (bicyclic) bond motifs is 1. The molecular weight excluding hydrogens is 298 g/mol. The van der Waals surface area contributed by atoms with Gasteiger partial charge in [-0.2, -0.15) is 0 Å². The van der Waals surface area contributed by atoms with Crippen LogP contribution in [0.25, 0.3) is 0 Å². The maximum Gasteiger partial charge on any atom is 0.321 e. The van der Waals surface area contributed by atoms with E-state index in [2.05, 4.69) is 15.6 Å². The van der Waals surface area contributed by atoms with Crippen LogP contribution in [0.4, 0.5) is 9.93 Å². The van der Waals surface area contributed by atoms with E-state index in [0.717, 1.165) is 22.6 Å². The monoisotopic (exact) mass is 317 g/mol. The highest BCUT2D eigenvalue weighted by molar-refractivity contribution is 7.15. The van der Waals surface area contributed by atoms with Crippen LogP contribution in [-0.2, 0) is 17.8 Å². The SMILES string of the molecule is Cc1ccc([C@H](C)NC(=O)Nc2nc3c(s2)COCC3)cc1. The summed E-state index contributed by atoms with van der Waals surface area (Å²) in [5.74, 6) is 0. The molecule has 0 spiro atoms. The third kappa shape index (κ3) is 3.45. The van der Waals surface area contributed by atoms with Crippen molar-refractivity contribution in [3.8, 4) is 0 Å². The Balaban J connectivity index is 1.60. The molecule has 22 heavy (non-hydrogen) atoms. The number of benzene rings is 1. The van der Waals surface area contributed by atoms with Gasteiger partial charge < -0.3 is 10.1 Å². The van der Waals surface area contributed by atoms with E-state index in [0.29, 0.717) is 18.3 Å². The molecule has 2 heterocycles. The molecule has 1 aromatic heterocycles. The van der Waals surface area contributed by atoms with Gasteiger partial charge in [0, 0.05) is 6.42 Å². The smallest absolute Gasteiger partial charge is 0.321 e. The molecule has 0 fully saturated rings. The van der Waals surface area contributed by atoms with Crippen molar-refractivity contribution in [2.24, 2.45) is 0 Å². The molecule has 5 nitrogen and oxygen atoms in total. The lowest BCUT2D eigenvalue weighted by atomic mass is 10.1. The number of anilines is 1. The molecule has 0 aliphatic carbocycles. The summed E-state index contributed by atoms with van der Waals surface area (Å²) in [6, 6.07) is 7.85. The molecular formula is C16H19N3O2S. The van der Waals surface area contributed by atoms with E-state index >= 15 is 0 Å². The Morgan fingerprint density at radius 2 is 2.14 bits per heavy atom. The first kappa shape index (κ1) is 15.0. The van der Waals surface area contributed by atoms with E-state index in [1.165, 1.54) is 16.9 Å². The molecule has 2 amide bonds. The fourth-order valence-electron chi connectivity index (χ4n) is 2.35. The third-order valence-corrected chi connectivity index (χ3v) is 4.63. The molecule has 0 bridgehead atoms. The van der Waals surface area contributed by atoms with Gasteiger partial charge in [-0.15, -0.1) is 0 Å². The number of amides is 2. The van der Waals surface area contributed by atoms with Crippen molar-refractivity contribution < 1.29 is 9.53 Å². The van der Waals surface area contributed by atoms with E-state index in [1.807, 2.05) is 38.1 Å². The minimum Gasteiger partial charge on any atom is -0.375 e. The van der Waals surface area contributed by atoms with Crippen LogP contribution in [0.1, 0.15) is 34.7 Å². The third-order valence-electron chi connectivity index (χ3n) is 3.64. The number of carbonyl (C=O) groups excluding carboxylic acids is 1. The van der Waals surface area contributed by atoms with E-state index in [1.54, 1.807) is 0 Å². The number of urea groups is 1. The van der Waals surface area contributed by atoms with E-state index in [4.69, 9.17) is 4.74 Å². The first-order valence-electron chi connectivity index (χ1n) is 7.32. The van der Waals surface area contributed by atoms with Crippen LogP contribution in [0.5, 0.6) is 0 Å². The Morgan fingerprint density at radius 1 is 1.36 bits per heavy atom. The van der Waals surface area contributed by atoms with Crippen molar-refractivity contribution in [3.05, 3.63) is 46.0 Å². The van der Waals surface area contributed by atoms with Crippen LogP contribution >= 0.6 is 11.3 Å². The van der Waals surface area contributed by atoms with Crippen LogP contribution in [-0.4, -0.2) is 17.6 Å². The highest BCUT2D eigenvalue weighted by Gasteiger charge is 2.17. The minimum absolute atomic E-state index is 0.0569. The summed E-state index contributed by atoms with van der Waals surface area (Å²) in [6.45, 7) is 5.30. The molecule has 1 atom stereocenters. The first-order chi connectivity index (χ1) is 10.6. The van der Waals surface area contributed by atoms with Gasteiger partial charge >= 0.3 is 6.03 Å². The van der Waals surface area contributed by atoms with E-state index < -0.39 is 0 Å². The molecule has 1 aliphatic rings. The molecule has 116 valence electrons. The summed E-state index contributed by atoms with van der Waals surface area (Å²) in [7, 11) is 0. The molecule has 2 N–H and O–H groups in total. The zero-order valence-electron chi connectivity index (χ0n) is 12.7. The number of aryl methyl sites for hydroxylation is 1. The number of aromatic nitrogens is 1. The number of nitrogens with zero attached hydrogens (tertiary/aromatic N) is 1. The predicted molar refractivity (Wildman–Crippen MR) is 87.2 cm³/mol. The minimum atomic E-state index is -0.236. The predicted octanol–water partition coefficient (Wildman–Crippen LogP) is 3.41. The number of nitrogens with one attached hydrogen (secondary N) is 2. The van der Waals surface area contributed by atoms with Crippen molar-refractivity contribution in [2.75, 3.05) is 11.9 Å². The second-order valence-electron chi connectivity index (χ2n) is 5.42. The fourth-order valence-corrected chi connectivity index (χ4v) is 3.29. The van der Waals surface area contributed by atoms with Gasteiger partial charge in [-0.25, -0.2) is 9.78 Å². The van der Waals surface area contributed by atoms with Crippen LogP contribution < -0.4 is 10.6 Å². The van der Waals surface area contributed by atoms with Gasteiger partial charge in [-0.3, -0.25) is 5.32 Å². The molecule has 3 rings (SSSR count). The van der Waals surface area contributed by atoms with E-state index in [9.17, 15) is 4.79 Å². The summed E-state index contributed by atoms with van der Waals surface area (Å²) < 4.78 is 5.39. The molecule has 0 unspecified atom stereocenters. The number of carbonyl (C=O) groups is 1. The van der Waals surface area contributed by atoms with Crippen molar-refractivity contribution >= 4 is 22.5 Å². The summed E-state index contributed by atoms with van der Waals surface area (Å²) in [5, 5.41) is 6.37. The molecule has 0 saturated heterocycles. The molecule has 0 radical (unpaired) electrons. The quantitative estimate of drug-likeness (QED) is 0.912. The summed E-state index contributed by atoms with van der Waals surface area (Å²) >= 11 is 1.48. The molecule has 6 heteroatoms. The Morgan fingerprint density at radius 3 is 2.86 bits per heavy atom. The Hall–Kier alpha value is -1.92. The van der Waals surface area contributed by atoms with Gasteiger partial charge in [0.25, 0.3) is 0 Å². The van der Waals surface area contributed by atoms with E-state index in [-0.39, 0.29) is 12.1 Å². The van der Waals surface area contributed by atoms with Gasteiger partial charge in [-0.1, -0.05) is 41.2 Å². The average molecular weight is 317 g/mol. The largest absolute Gasteiger partial charge is 0.375 e. The Labute approximate surface area is 133 Å². The average Bonchev–Trinajstić information content (AvgIpc) is 2.89. The zero-order valence-corrected chi connectivity index (χ0v) is 13.5. The standard InChI is InChI=1S/C16H19N3O2S/c1-10-3-5-12(6-4-10)11(2)17-15(20)19-16-18-13-7-8-21-9-14(13)22-16/h3-6,11H,7-9H2,1-2H3,(H2,17,18,19,20)/t11-/m0/s1. The Kier molecular flexibility index (Phi) is 4.40. The van der Waals surface area contributed by atoms with Crippen LogP contribution in [0.15, 0.2) is 24.3 Å². The normalized spacial score (nSPS) is 15.0. The molecule has 0 saturated carbocycles. The Bertz CT molecular complexity index is 643. The van der Waals surface area contributed by atoms with Crippen LogP contribution in [0.3, 0.4) is 0 Å². The zero-order chi connectivity index (χ0) is 15.5. The van der Waals surface area contributed by atoms with Crippen molar-refractivity contribution in [1.29, 1.82) is 0 Å². The fraction of sp³-hybridized carbons (Fsp3) is 0.375. The molecule has 1 aromatic carbocycles. The molecule has 2 aromatic rings. The maximum atomic E-state index is 12.1. The molecule has 1 aliphatic heterocycles. The lowest BCUT2D eigenvalue weighted by Crippen LogP contribution is -2.31. The number of ether oxygens (including phenoxy) is 1. The van der Waals surface area contributed by atoms with Crippen molar-refractivity contribution in [1.82, 2.24) is 10.3 Å². The second kappa shape index (κ2) is 6.46. The number of hydrogen-bond acceptors (Lipinski definition) is 4. The maximum absolute atomic E-state index is 12.1. The van der Waals surface area contributed by atoms with Crippen molar-refractivity contribution in [2.45, 2.75) is 32.9 Å². The van der Waals surface area contributed by atoms with Gasteiger partial charge in [0.15, 0.2) is 5.13 Å². The lowest BCUT2D eigenvalue weighted by Gasteiger charge is -2.14.